The molecule has 4 rings (SSSR count). The summed E-state index contributed by atoms with van der Waals surface area (Å²) < 4.78 is 12.9. The lowest BCUT2D eigenvalue weighted by Crippen LogP contribution is -2.17. The molecule has 1 aliphatic rings. The molecule has 27 heavy (non-hydrogen) atoms. The molecule has 0 saturated heterocycles. The quantitative estimate of drug-likeness (QED) is 0.684. The summed E-state index contributed by atoms with van der Waals surface area (Å²) in [5.74, 6) is 1.43. The van der Waals surface area contributed by atoms with Crippen LogP contribution in [-0.4, -0.2) is 39.6 Å². The second kappa shape index (κ2) is 7.71. The third-order valence-corrected chi connectivity index (χ3v) is 4.99. The number of fused-ring (bicyclic) bond motifs is 1. The number of aryl methyl sites for hydroxylation is 1. The van der Waals surface area contributed by atoms with Crippen LogP contribution in [-0.2, 0) is 4.79 Å². The molecule has 7 nitrogen and oxygen atoms in total. The normalized spacial score (nSPS) is 12.6. The number of nitrogens with zero attached hydrogens (tertiary/aromatic N) is 3. The van der Waals surface area contributed by atoms with E-state index in [1.807, 2.05) is 35.8 Å². The molecule has 3 aromatic rings. The van der Waals surface area contributed by atoms with Crippen LogP contribution >= 0.6 is 11.8 Å². The van der Waals surface area contributed by atoms with Crippen LogP contribution in [0.2, 0.25) is 0 Å². The van der Waals surface area contributed by atoms with Gasteiger partial charge in [0.05, 0.1) is 11.4 Å². The zero-order valence-corrected chi connectivity index (χ0v) is 15.5. The van der Waals surface area contributed by atoms with Crippen molar-refractivity contribution in [1.29, 1.82) is 0 Å². The number of hydrogen-bond donors (Lipinski definition) is 1. The third kappa shape index (κ3) is 3.90. The number of carbonyl (C=O) groups excluding carboxylic acids is 1. The van der Waals surface area contributed by atoms with Crippen LogP contribution in [0.4, 0.5) is 5.69 Å². The van der Waals surface area contributed by atoms with E-state index in [2.05, 4.69) is 15.5 Å². The Kier molecular flexibility index (Phi) is 4.97. The summed E-state index contributed by atoms with van der Waals surface area (Å²) in [4.78, 5) is 12.3. The van der Waals surface area contributed by atoms with Gasteiger partial charge in [0.1, 0.15) is 19.5 Å². The van der Waals surface area contributed by atoms with Crippen LogP contribution in [0.25, 0.3) is 5.69 Å². The Morgan fingerprint density at radius 1 is 1.19 bits per heavy atom. The molecule has 0 atom stereocenters. The maximum absolute atomic E-state index is 12.3. The Morgan fingerprint density at radius 2 is 2.00 bits per heavy atom. The van der Waals surface area contributed by atoms with Crippen LogP contribution in [0, 0.1) is 6.92 Å². The van der Waals surface area contributed by atoms with Crippen molar-refractivity contribution in [3.63, 3.8) is 0 Å². The summed E-state index contributed by atoms with van der Waals surface area (Å²) in [6.45, 7) is 3.07. The summed E-state index contributed by atoms with van der Waals surface area (Å²) in [6, 6.07) is 13.3. The van der Waals surface area contributed by atoms with E-state index in [1.54, 1.807) is 24.5 Å². The van der Waals surface area contributed by atoms with Gasteiger partial charge in [-0.05, 0) is 30.7 Å². The zero-order valence-electron chi connectivity index (χ0n) is 14.7. The summed E-state index contributed by atoms with van der Waals surface area (Å²) in [5, 5.41) is 11.6. The SMILES string of the molecule is Cc1ccccc1-n1cnnc1SCC(=O)Nc1ccc2c(c1)OCCO2. The molecule has 2 heterocycles. The molecule has 1 N–H and O–H groups in total. The fourth-order valence-electron chi connectivity index (χ4n) is 2.77. The molecule has 0 bridgehead atoms. The number of hydrogen-bond acceptors (Lipinski definition) is 6. The molecular formula is C19H18N4O3S. The number of nitrogens with one attached hydrogen (secondary N) is 1. The molecule has 0 radical (unpaired) electrons. The number of thioether (sulfide) groups is 1. The zero-order chi connectivity index (χ0) is 18.6. The van der Waals surface area contributed by atoms with E-state index in [0.29, 0.717) is 35.6 Å². The topological polar surface area (TPSA) is 78.3 Å². The standard InChI is InChI=1S/C19H18N4O3S/c1-13-4-2-3-5-15(13)23-12-20-22-19(23)27-11-18(24)21-14-6-7-16-17(10-14)26-9-8-25-16/h2-7,10,12H,8-9,11H2,1H3,(H,21,24). The van der Waals surface area contributed by atoms with Crippen molar-refractivity contribution in [3.05, 3.63) is 54.4 Å². The third-order valence-electron chi connectivity index (χ3n) is 4.05. The molecular weight excluding hydrogens is 364 g/mol. The van der Waals surface area contributed by atoms with Crippen molar-refractivity contribution in [3.8, 4) is 17.2 Å². The van der Waals surface area contributed by atoms with Gasteiger partial charge in [0.25, 0.3) is 0 Å². The number of para-hydroxylation sites is 1. The van der Waals surface area contributed by atoms with Gasteiger partial charge in [0.2, 0.25) is 5.91 Å². The van der Waals surface area contributed by atoms with Gasteiger partial charge in [0.15, 0.2) is 16.7 Å². The number of amides is 1. The van der Waals surface area contributed by atoms with Crippen LogP contribution in [0.5, 0.6) is 11.5 Å². The molecule has 0 spiro atoms. The maximum atomic E-state index is 12.3. The van der Waals surface area contributed by atoms with Gasteiger partial charge in [-0.1, -0.05) is 30.0 Å². The lowest BCUT2D eigenvalue weighted by Gasteiger charge is -2.19. The first kappa shape index (κ1) is 17.4. The average molecular weight is 382 g/mol. The highest BCUT2D eigenvalue weighted by Gasteiger charge is 2.14. The minimum atomic E-state index is -0.129. The fourth-order valence-corrected chi connectivity index (χ4v) is 3.49. The number of aromatic nitrogens is 3. The Balaban J connectivity index is 1.41. The minimum Gasteiger partial charge on any atom is -0.486 e. The largest absolute Gasteiger partial charge is 0.486 e. The molecule has 2 aromatic carbocycles. The number of anilines is 1. The first-order valence-electron chi connectivity index (χ1n) is 8.49. The summed E-state index contributed by atoms with van der Waals surface area (Å²) in [7, 11) is 0. The number of benzene rings is 2. The summed E-state index contributed by atoms with van der Waals surface area (Å²) in [6.07, 6.45) is 1.66. The second-order valence-corrected chi connectivity index (χ2v) is 6.91. The monoisotopic (exact) mass is 382 g/mol. The average Bonchev–Trinajstić information content (AvgIpc) is 3.15. The second-order valence-electron chi connectivity index (χ2n) is 5.97. The summed E-state index contributed by atoms with van der Waals surface area (Å²) >= 11 is 1.33. The van der Waals surface area contributed by atoms with Gasteiger partial charge in [0, 0.05) is 11.8 Å². The van der Waals surface area contributed by atoms with E-state index in [0.717, 1.165) is 11.3 Å². The Morgan fingerprint density at radius 3 is 2.85 bits per heavy atom. The highest BCUT2D eigenvalue weighted by Crippen LogP contribution is 2.32. The fraction of sp³-hybridized carbons (Fsp3) is 0.211. The van der Waals surface area contributed by atoms with Crippen LogP contribution in [0.1, 0.15) is 5.56 Å². The lowest BCUT2D eigenvalue weighted by atomic mass is 10.2. The van der Waals surface area contributed by atoms with E-state index in [-0.39, 0.29) is 11.7 Å². The molecule has 0 aliphatic carbocycles. The van der Waals surface area contributed by atoms with Crippen LogP contribution in [0.3, 0.4) is 0 Å². The molecule has 1 aliphatic heterocycles. The van der Waals surface area contributed by atoms with Crippen molar-refractivity contribution in [2.45, 2.75) is 12.1 Å². The van der Waals surface area contributed by atoms with Gasteiger partial charge >= 0.3 is 0 Å². The van der Waals surface area contributed by atoms with E-state index in [9.17, 15) is 4.79 Å². The predicted molar refractivity (Wildman–Crippen MR) is 103 cm³/mol. The van der Waals surface area contributed by atoms with Crippen LogP contribution in [0.15, 0.2) is 53.9 Å². The highest BCUT2D eigenvalue weighted by atomic mass is 32.2. The molecule has 138 valence electrons. The number of carbonyl (C=O) groups is 1. The molecule has 8 heteroatoms. The Bertz CT molecular complexity index is 973. The highest BCUT2D eigenvalue weighted by molar-refractivity contribution is 7.99. The molecule has 0 fully saturated rings. The van der Waals surface area contributed by atoms with Crippen molar-refractivity contribution in [1.82, 2.24) is 14.8 Å². The van der Waals surface area contributed by atoms with E-state index < -0.39 is 0 Å². The van der Waals surface area contributed by atoms with Crippen molar-refractivity contribution in [2.24, 2.45) is 0 Å². The predicted octanol–water partition coefficient (Wildman–Crippen LogP) is 3.08. The van der Waals surface area contributed by atoms with Crippen molar-refractivity contribution in [2.75, 3.05) is 24.3 Å². The molecule has 0 saturated carbocycles. The first-order valence-corrected chi connectivity index (χ1v) is 9.47. The van der Waals surface area contributed by atoms with Gasteiger partial charge < -0.3 is 14.8 Å². The Hall–Kier alpha value is -3.00. The van der Waals surface area contributed by atoms with Gasteiger partial charge in [-0.25, -0.2) is 0 Å². The Labute approximate surface area is 160 Å². The molecule has 0 unspecified atom stereocenters. The molecule has 1 amide bonds. The minimum absolute atomic E-state index is 0.129. The van der Waals surface area contributed by atoms with E-state index in [1.165, 1.54) is 11.8 Å². The van der Waals surface area contributed by atoms with Crippen LogP contribution < -0.4 is 14.8 Å². The smallest absolute Gasteiger partial charge is 0.234 e. The molecule has 1 aromatic heterocycles. The van der Waals surface area contributed by atoms with Crippen molar-refractivity contribution >= 4 is 23.4 Å². The lowest BCUT2D eigenvalue weighted by molar-refractivity contribution is -0.113. The van der Waals surface area contributed by atoms with E-state index in [4.69, 9.17) is 9.47 Å². The summed E-state index contributed by atoms with van der Waals surface area (Å²) in [5.41, 5.74) is 2.78. The number of ether oxygens (including phenoxy) is 2. The van der Waals surface area contributed by atoms with Crippen molar-refractivity contribution < 1.29 is 14.3 Å². The maximum Gasteiger partial charge on any atom is 0.234 e. The first-order chi connectivity index (χ1) is 13.2. The van der Waals surface area contributed by atoms with Gasteiger partial charge in [-0.15, -0.1) is 10.2 Å². The van der Waals surface area contributed by atoms with Gasteiger partial charge in [-0.2, -0.15) is 0 Å². The van der Waals surface area contributed by atoms with E-state index >= 15 is 0 Å². The number of rotatable bonds is 5. The van der Waals surface area contributed by atoms with Gasteiger partial charge in [-0.3, -0.25) is 9.36 Å².